The first-order valence-corrected chi connectivity index (χ1v) is 16.8. The van der Waals surface area contributed by atoms with Gasteiger partial charge in [-0.3, -0.25) is 9.36 Å². The van der Waals surface area contributed by atoms with E-state index in [2.05, 4.69) is 0 Å². The summed E-state index contributed by atoms with van der Waals surface area (Å²) in [5, 5.41) is 2.56. The molecule has 5 aromatic rings. The van der Waals surface area contributed by atoms with Gasteiger partial charge in [0.1, 0.15) is 12.4 Å². The third-order valence-corrected chi connectivity index (χ3v) is 9.09. The summed E-state index contributed by atoms with van der Waals surface area (Å²) in [7, 11) is 1.56. The summed E-state index contributed by atoms with van der Waals surface area (Å²) >= 11 is 7.47. The summed E-state index contributed by atoms with van der Waals surface area (Å²) in [4.78, 5) is 33.1. The van der Waals surface area contributed by atoms with Crippen LogP contribution in [0.1, 0.15) is 50.4 Å². The lowest BCUT2D eigenvalue weighted by Crippen LogP contribution is -2.40. The molecule has 1 atom stereocenters. The van der Waals surface area contributed by atoms with Gasteiger partial charge in [0.2, 0.25) is 0 Å². The topological polar surface area (TPSA) is 88.4 Å². The molecule has 1 aromatic heterocycles. The quantitative estimate of drug-likeness (QED) is 0.148. The molecule has 246 valence electrons. The SMILES string of the molecule is CCOC(=O)C1=C(C)N=c2s/c(=C/c3c(OCc4cccc(Cl)c4)ccc4ccccc34)c(=O)n2[C@H]1c1ccc(OC(C)C)c(OC)c1. The molecule has 0 fully saturated rings. The van der Waals surface area contributed by atoms with Crippen LogP contribution in [0, 0.1) is 0 Å². The van der Waals surface area contributed by atoms with Crippen LogP contribution in [0.15, 0.2) is 99.9 Å². The van der Waals surface area contributed by atoms with Crippen LogP contribution in [0.25, 0.3) is 16.8 Å². The van der Waals surface area contributed by atoms with Gasteiger partial charge in [-0.15, -0.1) is 0 Å². The fourth-order valence-corrected chi connectivity index (χ4v) is 7.02. The Morgan fingerprint density at radius 1 is 1.02 bits per heavy atom. The highest BCUT2D eigenvalue weighted by molar-refractivity contribution is 7.07. The van der Waals surface area contributed by atoms with Gasteiger partial charge >= 0.3 is 5.97 Å². The number of nitrogens with zero attached hydrogens (tertiary/aromatic N) is 2. The predicted octanol–water partition coefficient (Wildman–Crippen LogP) is 6.98. The van der Waals surface area contributed by atoms with E-state index in [4.69, 9.17) is 35.5 Å². The second-order valence-electron chi connectivity index (χ2n) is 11.5. The van der Waals surface area contributed by atoms with E-state index in [0.29, 0.717) is 49.5 Å². The van der Waals surface area contributed by atoms with E-state index >= 15 is 0 Å². The van der Waals surface area contributed by atoms with E-state index in [0.717, 1.165) is 21.9 Å². The van der Waals surface area contributed by atoms with E-state index in [1.807, 2.05) is 86.7 Å². The number of thiazole rings is 1. The maximum atomic E-state index is 14.5. The summed E-state index contributed by atoms with van der Waals surface area (Å²) in [5.41, 5.74) is 2.80. The first-order valence-electron chi connectivity index (χ1n) is 15.6. The normalized spacial score (nSPS) is 14.6. The number of methoxy groups -OCH3 is 1. The molecule has 10 heteroatoms. The van der Waals surface area contributed by atoms with Crippen molar-refractivity contribution < 1.29 is 23.7 Å². The zero-order chi connectivity index (χ0) is 33.9. The molecule has 0 saturated carbocycles. The molecule has 1 aliphatic rings. The van der Waals surface area contributed by atoms with Gasteiger partial charge in [-0.1, -0.05) is 71.5 Å². The Labute approximate surface area is 287 Å². The van der Waals surface area contributed by atoms with Crippen LogP contribution in [0.3, 0.4) is 0 Å². The van der Waals surface area contributed by atoms with Gasteiger partial charge in [0.05, 0.1) is 41.7 Å². The number of benzene rings is 4. The van der Waals surface area contributed by atoms with E-state index < -0.39 is 12.0 Å². The average Bonchev–Trinajstić information content (AvgIpc) is 3.37. The minimum absolute atomic E-state index is 0.0758. The molecule has 0 spiro atoms. The molecule has 6 rings (SSSR count). The van der Waals surface area contributed by atoms with Gasteiger partial charge in [-0.05, 0) is 86.0 Å². The van der Waals surface area contributed by atoms with Crippen LogP contribution in [-0.2, 0) is 16.1 Å². The maximum Gasteiger partial charge on any atom is 0.338 e. The van der Waals surface area contributed by atoms with Crippen molar-refractivity contribution in [3.05, 3.63) is 132 Å². The van der Waals surface area contributed by atoms with Crippen LogP contribution >= 0.6 is 22.9 Å². The third kappa shape index (κ3) is 6.61. The number of halogens is 1. The average molecular weight is 683 g/mol. The molecule has 0 unspecified atom stereocenters. The minimum Gasteiger partial charge on any atom is -0.493 e. The van der Waals surface area contributed by atoms with E-state index in [1.165, 1.54) is 11.3 Å². The van der Waals surface area contributed by atoms with Crippen molar-refractivity contribution in [1.82, 2.24) is 4.57 Å². The predicted molar refractivity (Wildman–Crippen MR) is 189 cm³/mol. The smallest absolute Gasteiger partial charge is 0.338 e. The molecule has 0 saturated heterocycles. The lowest BCUT2D eigenvalue weighted by molar-refractivity contribution is -0.139. The zero-order valence-electron chi connectivity index (χ0n) is 27.3. The Bertz CT molecular complexity index is 2240. The van der Waals surface area contributed by atoms with Gasteiger partial charge in [-0.2, -0.15) is 0 Å². The molecular weight excluding hydrogens is 648 g/mol. The number of esters is 1. The Kier molecular flexibility index (Phi) is 9.71. The van der Waals surface area contributed by atoms with Crippen LogP contribution in [0.2, 0.25) is 5.02 Å². The molecule has 0 radical (unpaired) electrons. The van der Waals surface area contributed by atoms with Crippen molar-refractivity contribution in [2.24, 2.45) is 4.99 Å². The van der Waals surface area contributed by atoms with Crippen LogP contribution in [-0.4, -0.2) is 30.4 Å². The van der Waals surface area contributed by atoms with Gasteiger partial charge in [0.15, 0.2) is 16.3 Å². The van der Waals surface area contributed by atoms with Crippen molar-refractivity contribution in [2.45, 2.75) is 46.4 Å². The largest absolute Gasteiger partial charge is 0.493 e. The summed E-state index contributed by atoms with van der Waals surface area (Å²) in [6.07, 6.45) is 1.77. The van der Waals surface area contributed by atoms with Gasteiger partial charge in [0, 0.05) is 10.6 Å². The summed E-state index contributed by atoms with van der Waals surface area (Å²) in [6.45, 7) is 7.84. The highest BCUT2D eigenvalue weighted by Gasteiger charge is 2.34. The molecule has 0 aliphatic carbocycles. The fraction of sp³-hybridized carbons (Fsp3) is 0.237. The summed E-state index contributed by atoms with van der Waals surface area (Å²) in [5.74, 6) is 1.12. The van der Waals surface area contributed by atoms with Crippen molar-refractivity contribution in [2.75, 3.05) is 13.7 Å². The van der Waals surface area contributed by atoms with Crippen LogP contribution in [0.5, 0.6) is 17.2 Å². The molecule has 8 nitrogen and oxygen atoms in total. The van der Waals surface area contributed by atoms with Crippen LogP contribution in [0.4, 0.5) is 0 Å². The van der Waals surface area contributed by atoms with Gasteiger partial charge in [-0.25, -0.2) is 9.79 Å². The molecular formula is C38H35ClN2O6S. The van der Waals surface area contributed by atoms with Crippen molar-refractivity contribution in [1.29, 1.82) is 0 Å². The number of aromatic nitrogens is 1. The first kappa shape index (κ1) is 33.1. The third-order valence-electron chi connectivity index (χ3n) is 7.87. The number of ether oxygens (including phenoxy) is 4. The second kappa shape index (κ2) is 14.1. The van der Waals surface area contributed by atoms with E-state index in [9.17, 15) is 9.59 Å². The van der Waals surface area contributed by atoms with Gasteiger partial charge < -0.3 is 18.9 Å². The second-order valence-corrected chi connectivity index (χ2v) is 12.9. The monoisotopic (exact) mass is 682 g/mol. The maximum absolute atomic E-state index is 14.5. The summed E-state index contributed by atoms with van der Waals surface area (Å²) < 4.78 is 25.4. The zero-order valence-corrected chi connectivity index (χ0v) is 28.9. The van der Waals surface area contributed by atoms with Crippen molar-refractivity contribution >= 4 is 45.8 Å². The number of fused-ring (bicyclic) bond motifs is 2. The Morgan fingerprint density at radius 3 is 2.56 bits per heavy atom. The Balaban J connectivity index is 1.53. The number of allylic oxidation sites excluding steroid dienone is 1. The molecule has 1 aliphatic heterocycles. The standard InChI is InChI=1S/C38H35ClN2O6S/c1-6-45-37(43)34-23(4)40-38-41(35(34)26-15-17-31(47-22(2)3)32(19-26)44-5)36(42)33(48-38)20-29-28-13-8-7-11-25(28)14-16-30(29)46-21-24-10-9-12-27(39)18-24/h7-20,22,35H,6,21H2,1-5H3/b33-20+/t35-/m0/s1. The molecule has 2 heterocycles. The number of rotatable bonds is 10. The first-order chi connectivity index (χ1) is 23.2. The minimum atomic E-state index is -0.810. The van der Waals surface area contributed by atoms with Crippen molar-refractivity contribution in [3.8, 4) is 17.2 Å². The number of hydrogen-bond acceptors (Lipinski definition) is 8. The van der Waals surface area contributed by atoms with Crippen LogP contribution < -0.4 is 29.1 Å². The molecule has 0 N–H and O–H groups in total. The fourth-order valence-electron chi connectivity index (χ4n) is 5.78. The Hall–Kier alpha value is -4.86. The highest BCUT2D eigenvalue weighted by Crippen LogP contribution is 2.37. The molecule has 0 amide bonds. The van der Waals surface area contributed by atoms with E-state index in [1.54, 1.807) is 37.7 Å². The van der Waals surface area contributed by atoms with E-state index in [-0.39, 0.29) is 23.8 Å². The van der Waals surface area contributed by atoms with Crippen molar-refractivity contribution in [3.63, 3.8) is 0 Å². The Morgan fingerprint density at radius 2 is 1.81 bits per heavy atom. The molecule has 0 bridgehead atoms. The molecule has 48 heavy (non-hydrogen) atoms. The molecule has 4 aromatic carbocycles. The highest BCUT2D eigenvalue weighted by atomic mass is 35.5. The lowest BCUT2D eigenvalue weighted by Gasteiger charge is -2.25. The number of hydrogen-bond donors (Lipinski definition) is 0. The summed E-state index contributed by atoms with van der Waals surface area (Å²) in [6, 6.07) is 24.0. The lowest BCUT2D eigenvalue weighted by atomic mass is 9.95. The number of carbonyl (C=O) groups is 1. The van der Waals surface area contributed by atoms with Gasteiger partial charge in [0.25, 0.3) is 5.56 Å². The number of carbonyl (C=O) groups excluding carboxylic acids is 1.